The summed E-state index contributed by atoms with van der Waals surface area (Å²) in [6.07, 6.45) is -0.449. The highest BCUT2D eigenvalue weighted by molar-refractivity contribution is 5.28. The highest BCUT2D eigenvalue weighted by atomic mass is 16.5. The molecular formula is C12H18O3. The Morgan fingerprint density at radius 3 is 2.27 bits per heavy atom. The van der Waals surface area contributed by atoms with Crippen LogP contribution in [-0.4, -0.2) is 23.4 Å². The minimum Gasteiger partial charge on any atom is -0.493 e. The van der Waals surface area contributed by atoms with Gasteiger partial charge in [0.15, 0.2) is 0 Å². The van der Waals surface area contributed by atoms with Crippen molar-refractivity contribution in [1.82, 2.24) is 0 Å². The number of ether oxygens (including phenoxy) is 1. The van der Waals surface area contributed by atoms with Gasteiger partial charge in [0.1, 0.15) is 5.75 Å². The minimum absolute atomic E-state index is 0.131. The monoisotopic (exact) mass is 210 g/mol. The summed E-state index contributed by atoms with van der Waals surface area (Å²) >= 11 is 0. The highest BCUT2D eigenvalue weighted by Crippen LogP contribution is 2.17. The van der Waals surface area contributed by atoms with Gasteiger partial charge in [-0.1, -0.05) is 19.1 Å². The van der Waals surface area contributed by atoms with Crippen molar-refractivity contribution in [2.75, 3.05) is 13.2 Å². The molecule has 1 aromatic rings. The Balaban J connectivity index is 2.50. The molecule has 0 fully saturated rings. The Bertz CT molecular complexity index is 279. The van der Waals surface area contributed by atoms with E-state index < -0.39 is 6.10 Å². The Morgan fingerprint density at radius 2 is 1.80 bits per heavy atom. The van der Waals surface area contributed by atoms with Crippen LogP contribution in [0.25, 0.3) is 0 Å². The maximum atomic E-state index is 9.30. The van der Waals surface area contributed by atoms with Crippen LogP contribution < -0.4 is 4.74 Å². The molecule has 0 heterocycles. The summed E-state index contributed by atoms with van der Waals surface area (Å²) in [6.45, 7) is 4.28. The molecule has 0 aliphatic rings. The molecule has 2 atom stereocenters. The Labute approximate surface area is 90.3 Å². The van der Waals surface area contributed by atoms with Crippen molar-refractivity contribution in [3.8, 4) is 5.75 Å². The molecule has 1 aromatic carbocycles. The second-order valence-corrected chi connectivity index (χ2v) is 3.84. The fraction of sp³-hybridized carbons (Fsp3) is 0.500. The predicted molar refractivity (Wildman–Crippen MR) is 58.8 cm³/mol. The summed E-state index contributed by atoms with van der Waals surface area (Å²) in [7, 11) is 0. The van der Waals surface area contributed by atoms with Crippen molar-refractivity contribution in [2.24, 2.45) is 5.92 Å². The van der Waals surface area contributed by atoms with Crippen molar-refractivity contribution < 1.29 is 14.9 Å². The number of hydrogen-bond acceptors (Lipinski definition) is 3. The normalized spacial score (nSPS) is 14.7. The SMILES string of the molecule is CC(CO)COc1ccc([C@H](C)O)cc1. The van der Waals surface area contributed by atoms with Gasteiger partial charge < -0.3 is 14.9 Å². The largest absolute Gasteiger partial charge is 0.493 e. The molecule has 84 valence electrons. The van der Waals surface area contributed by atoms with Gasteiger partial charge in [-0.05, 0) is 24.6 Å². The number of benzene rings is 1. The summed E-state index contributed by atoms with van der Waals surface area (Å²) in [6, 6.07) is 7.32. The van der Waals surface area contributed by atoms with E-state index in [1.54, 1.807) is 6.92 Å². The van der Waals surface area contributed by atoms with Crippen LogP contribution in [0.2, 0.25) is 0 Å². The summed E-state index contributed by atoms with van der Waals surface area (Å²) in [5.74, 6) is 0.904. The molecule has 0 spiro atoms. The zero-order valence-corrected chi connectivity index (χ0v) is 9.18. The standard InChI is InChI=1S/C12H18O3/c1-9(7-13)8-15-12-5-3-11(4-6-12)10(2)14/h3-6,9-10,13-14H,7-8H2,1-2H3/t9?,10-/m0/s1. The van der Waals surface area contributed by atoms with Gasteiger partial charge in [-0.15, -0.1) is 0 Å². The van der Waals surface area contributed by atoms with E-state index in [0.29, 0.717) is 6.61 Å². The van der Waals surface area contributed by atoms with Gasteiger partial charge in [-0.3, -0.25) is 0 Å². The van der Waals surface area contributed by atoms with Crippen molar-refractivity contribution in [3.05, 3.63) is 29.8 Å². The molecule has 3 nitrogen and oxygen atoms in total. The molecule has 0 saturated carbocycles. The lowest BCUT2D eigenvalue weighted by Gasteiger charge is -2.11. The van der Waals surface area contributed by atoms with Crippen molar-refractivity contribution in [1.29, 1.82) is 0 Å². The maximum absolute atomic E-state index is 9.30. The fourth-order valence-electron chi connectivity index (χ4n) is 1.13. The van der Waals surface area contributed by atoms with Gasteiger partial charge in [0.05, 0.1) is 12.7 Å². The number of aliphatic hydroxyl groups excluding tert-OH is 2. The second kappa shape index (κ2) is 5.73. The van der Waals surface area contributed by atoms with E-state index in [0.717, 1.165) is 11.3 Å². The molecule has 0 bridgehead atoms. The first-order valence-electron chi connectivity index (χ1n) is 5.15. The lowest BCUT2D eigenvalue weighted by molar-refractivity contribution is 0.174. The lowest BCUT2D eigenvalue weighted by atomic mass is 10.1. The third-order valence-electron chi connectivity index (χ3n) is 2.21. The third-order valence-corrected chi connectivity index (χ3v) is 2.21. The lowest BCUT2D eigenvalue weighted by Crippen LogP contribution is -2.12. The van der Waals surface area contributed by atoms with Crippen LogP contribution in [0.4, 0.5) is 0 Å². The van der Waals surface area contributed by atoms with Crippen molar-refractivity contribution in [3.63, 3.8) is 0 Å². The molecule has 0 aromatic heterocycles. The molecule has 0 saturated heterocycles. The molecule has 1 rings (SSSR count). The van der Waals surface area contributed by atoms with E-state index in [9.17, 15) is 5.11 Å². The molecule has 0 amide bonds. The van der Waals surface area contributed by atoms with Crippen molar-refractivity contribution in [2.45, 2.75) is 20.0 Å². The summed E-state index contributed by atoms with van der Waals surface area (Å²) < 4.78 is 5.45. The predicted octanol–water partition coefficient (Wildman–Crippen LogP) is 1.75. The zero-order valence-electron chi connectivity index (χ0n) is 9.18. The summed E-state index contributed by atoms with van der Waals surface area (Å²) in [5.41, 5.74) is 0.873. The summed E-state index contributed by atoms with van der Waals surface area (Å²) in [5, 5.41) is 18.1. The Morgan fingerprint density at radius 1 is 1.20 bits per heavy atom. The van der Waals surface area contributed by atoms with E-state index >= 15 is 0 Å². The van der Waals surface area contributed by atoms with Crippen LogP contribution in [0.5, 0.6) is 5.75 Å². The maximum Gasteiger partial charge on any atom is 0.119 e. The molecule has 15 heavy (non-hydrogen) atoms. The third kappa shape index (κ3) is 3.90. The van der Waals surface area contributed by atoms with Crippen LogP contribution in [-0.2, 0) is 0 Å². The Hall–Kier alpha value is -1.06. The van der Waals surface area contributed by atoms with Crippen LogP contribution in [0.15, 0.2) is 24.3 Å². The van der Waals surface area contributed by atoms with E-state index in [1.165, 1.54) is 0 Å². The number of hydrogen-bond donors (Lipinski definition) is 2. The number of rotatable bonds is 5. The van der Waals surface area contributed by atoms with E-state index in [1.807, 2.05) is 31.2 Å². The molecule has 2 N–H and O–H groups in total. The van der Waals surface area contributed by atoms with Gasteiger partial charge in [-0.2, -0.15) is 0 Å². The fourth-order valence-corrected chi connectivity index (χ4v) is 1.13. The molecule has 0 radical (unpaired) electrons. The molecule has 1 unspecified atom stereocenters. The first-order chi connectivity index (χ1) is 7.13. The van der Waals surface area contributed by atoms with Gasteiger partial charge in [0.2, 0.25) is 0 Å². The van der Waals surface area contributed by atoms with Crippen LogP contribution in [0.3, 0.4) is 0 Å². The topological polar surface area (TPSA) is 49.7 Å². The quantitative estimate of drug-likeness (QED) is 0.778. The number of aliphatic hydroxyl groups is 2. The highest BCUT2D eigenvalue weighted by Gasteiger charge is 2.03. The molecule has 0 aliphatic heterocycles. The van der Waals surface area contributed by atoms with Crippen molar-refractivity contribution >= 4 is 0 Å². The average Bonchev–Trinajstić information content (AvgIpc) is 2.26. The van der Waals surface area contributed by atoms with E-state index in [-0.39, 0.29) is 12.5 Å². The van der Waals surface area contributed by atoms with E-state index in [2.05, 4.69) is 0 Å². The second-order valence-electron chi connectivity index (χ2n) is 3.84. The molecule has 0 aliphatic carbocycles. The van der Waals surface area contributed by atoms with E-state index in [4.69, 9.17) is 9.84 Å². The van der Waals surface area contributed by atoms with Crippen LogP contribution in [0.1, 0.15) is 25.5 Å². The molecular weight excluding hydrogens is 192 g/mol. The average molecular weight is 210 g/mol. The molecule has 3 heteroatoms. The van der Waals surface area contributed by atoms with Gasteiger partial charge in [0.25, 0.3) is 0 Å². The first kappa shape index (κ1) is 12.0. The summed E-state index contributed by atoms with van der Waals surface area (Å²) in [4.78, 5) is 0. The van der Waals surface area contributed by atoms with Crippen LogP contribution >= 0.6 is 0 Å². The zero-order chi connectivity index (χ0) is 11.3. The minimum atomic E-state index is -0.449. The van der Waals surface area contributed by atoms with Gasteiger partial charge in [-0.25, -0.2) is 0 Å². The van der Waals surface area contributed by atoms with Gasteiger partial charge in [0, 0.05) is 12.5 Å². The smallest absolute Gasteiger partial charge is 0.119 e. The first-order valence-corrected chi connectivity index (χ1v) is 5.15. The Kier molecular flexibility index (Phi) is 4.59. The van der Waals surface area contributed by atoms with Gasteiger partial charge >= 0.3 is 0 Å². The van der Waals surface area contributed by atoms with Crippen LogP contribution in [0, 0.1) is 5.92 Å².